The van der Waals surface area contributed by atoms with E-state index in [2.05, 4.69) is 4.98 Å². The molecule has 1 aromatic heterocycles. The van der Waals surface area contributed by atoms with Crippen LogP contribution < -0.4 is 0 Å². The van der Waals surface area contributed by atoms with Crippen LogP contribution in [0.3, 0.4) is 0 Å². The van der Waals surface area contributed by atoms with Gasteiger partial charge in [0.1, 0.15) is 0 Å². The molecule has 2 heterocycles. The normalized spacial score (nSPS) is 24.5. The van der Waals surface area contributed by atoms with Gasteiger partial charge in [-0.1, -0.05) is 0 Å². The van der Waals surface area contributed by atoms with Crippen molar-refractivity contribution in [3.05, 3.63) is 16.6 Å². The summed E-state index contributed by atoms with van der Waals surface area (Å²) in [6.45, 7) is 2.11. The largest absolute Gasteiger partial charge is 0.372 e. The molecule has 1 saturated heterocycles. The minimum absolute atomic E-state index is 0.277. The second-order valence-electron chi connectivity index (χ2n) is 4.60. The fourth-order valence-electron chi connectivity index (χ4n) is 2.50. The summed E-state index contributed by atoms with van der Waals surface area (Å²) in [7, 11) is 0. The molecule has 1 aromatic rings. The number of rotatable bonds is 3. The molecule has 4 nitrogen and oxygen atoms in total. The molecule has 5 heteroatoms. The van der Waals surface area contributed by atoms with Gasteiger partial charge in [0.25, 0.3) is 0 Å². The molecule has 0 aromatic carbocycles. The van der Waals surface area contributed by atoms with Crippen molar-refractivity contribution in [1.82, 2.24) is 4.98 Å². The standard InChI is InChI=1S/C12H17NO3S/c1-3-12(15-5-6-16-12)4-2-11(1)14-7-10-8-17-9-13-10/h8-9,11H,1-7H2. The van der Waals surface area contributed by atoms with Crippen molar-refractivity contribution in [2.24, 2.45) is 0 Å². The minimum Gasteiger partial charge on any atom is -0.372 e. The van der Waals surface area contributed by atoms with Gasteiger partial charge in [-0.2, -0.15) is 0 Å². The molecule has 2 fully saturated rings. The number of aromatic nitrogens is 1. The molecule has 0 bridgehead atoms. The lowest BCUT2D eigenvalue weighted by Gasteiger charge is -2.35. The average molecular weight is 255 g/mol. The first-order valence-electron chi connectivity index (χ1n) is 6.13. The summed E-state index contributed by atoms with van der Waals surface area (Å²) in [4.78, 5) is 4.22. The van der Waals surface area contributed by atoms with Crippen LogP contribution in [-0.4, -0.2) is 30.1 Å². The first kappa shape index (κ1) is 11.6. The van der Waals surface area contributed by atoms with E-state index in [4.69, 9.17) is 14.2 Å². The van der Waals surface area contributed by atoms with Gasteiger partial charge in [0.05, 0.1) is 37.1 Å². The highest BCUT2D eigenvalue weighted by molar-refractivity contribution is 7.07. The molecule has 0 radical (unpaired) electrons. The summed E-state index contributed by atoms with van der Waals surface area (Å²) < 4.78 is 17.2. The van der Waals surface area contributed by atoms with E-state index in [1.807, 2.05) is 10.9 Å². The number of ether oxygens (including phenoxy) is 3. The summed E-state index contributed by atoms with van der Waals surface area (Å²) in [5.74, 6) is -0.277. The molecule has 0 atom stereocenters. The Labute approximate surface area is 105 Å². The van der Waals surface area contributed by atoms with Gasteiger partial charge in [0.15, 0.2) is 5.79 Å². The first-order chi connectivity index (χ1) is 8.36. The van der Waals surface area contributed by atoms with Crippen LogP contribution in [0.5, 0.6) is 0 Å². The van der Waals surface area contributed by atoms with Crippen LogP contribution in [0.4, 0.5) is 0 Å². The molecule has 0 amide bonds. The van der Waals surface area contributed by atoms with Gasteiger partial charge in [-0.25, -0.2) is 4.98 Å². The van der Waals surface area contributed by atoms with Crippen molar-refractivity contribution >= 4 is 11.3 Å². The van der Waals surface area contributed by atoms with E-state index in [0.29, 0.717) is 12.7 Å². The van der Waals surface area contributed by atoms with Gasteiger partial charge < -0.3 is 14.2 Å². The molecule has 17 heavy (non-hydrogen) atoms. The van der Waals surface area contributed by atoms with E-state index in [1.54, 1.807) is 11.3 Å². The summed E-state index contributed by atoms with van der Waals surface area (Å²) in [6, 6.07) is 0. The van der Waals surface area contributed by atoms with Gasteiger partial charge >= 0.3 is 0 Å². The molecular formula is C12H17NO3S. The van der Waals surface area contributed by atoms with E-state index in [0.717, 1.165) is 44.6 Å². The number of nitrogens with zero attached hydrogens (tertiary/aromatic N) is 1. The maximum Gasteiger partial charge on any atom is 0.168 e. The van der Waals surface area contributed by atoms with Crippen LogP contribution in [0.1, 0.15) is 31.4 Å². The van der Waals surface area contributed by atoms with Crippen LogP contribution in [0, 0.1) is 0 Å². The third-order valence-electron chi connectivity index (χ3n) is 3.46. The molecule has 3 rings (SSSR count). The predicted octanol–water partition coefficient (Wildman–Crippen LogP) is 2.35. The van der Waals surface area contributed by atoms with Crippen LogP contribution in [-0.2, 0) is 20.8 Å². The van der Waals surface area contributed by atoms with E-state index in [9.17, 15) is 0 Å². The average Bonchev–Trinajstić information content (AvgIpc) is 3.01. The maximum atomic E-state index is 5.86. The lowest BCUT2D eigenvalue weighted by Crippen LogP contribution is -2.37. The molecular weight excluding hydrogens is 238 g/mol. The zero-order chi connectivity index (χ0) is 11.6. The number of thiazole rings is 1. The van der Waals surface area contributed by atoms with Crippen LogP contribution in [0.2, 0.25) is 0 Å². The highest BCUT2D eigenvalue weighted by Gasteiger charge is 2.40. The third kappa shape index (κ3) is 2.68. The monoisotopic (exact) mass is 255 g/mol. The molecule has 1 aliphatic carbocycles. The van der Waals surface area contributed by atoms with Gasteiger partial charge in [0, 0.05) is 18.2 Å². The zero-order valence-electron chi connectivity index (χ0n) is 9.76. The summed E-state index contributed by atoms with van der Waals surface area (Å²) >= 11 is 1.61. The Bertz CT molecular complexity index is 339. The predicted molar refractivity (Wildman–Crippen MR) is 63.8 cm³/mol. The second kappa shape index (κ2) is 5.02. The van der Waals surface area contributed by atoms with Gasteiger partial charge in [-0.05, 0) is 12.8 Å². The fraction of sp³-hybridized carbons (Fsp3) is 0.750. The Kier molecular flexibility index (Phi) is 3.42. The molecule has 2 aliphatic rings. The first-order valence-corrected chi connectivity index (χ1v) is 7.07. The Morgan fingerprint density at radius 1 is 1.35 bits per heavy atom. The van der Waals surface area contributed by atoms with Gasteiger partial charge in [-0.3, -0.25) is 0 Å². The second-order valence-corrected chi connectivity index (χ2v) is 5.32. The fourth-order valence-corrected chi connectivity index (χ4v) is 3.04. The summed E-state index contributed by atoms with van der Waals surface area (Å²) in [5, 5.41) is 2.04. The Balaban J connectivity index is 1.45. The topological polar surface area (TPSA) is 40.6 Å². The van der Waals surface area contributed by atoms with Gasteiger partial charge in [-0.15, -0.1) is 11.3 Å². The lowest BCUT2D eigenvalue weighted by molar-refractivity contribution is -0.192. The maximum absolute atomic E-state index is 5.86. The van der Waals surface area contributed by atoms with E-state index < -0.39 is 0 Å². The lowest BCUT2D eigenvalue weighted by atomic mass is 9.92. The quantitative estimate of drug-likeness (QED) is 0.831. The molecule has 1 aliphatic heterocycles. The Morgan fingerprint density at radius 3 is 2.76 bits per heavy atom. The van der Waals surface area contributed by atoms with E-state index >= 15 is 0 Å². The van der Waals surface area contributed by atoms with Crippen molar-refractivity contribution in [2.75, 3.05) is 13.2 Å². The van der Waals surface area contributed by atoms with Crippen LogP contribution in [0.15, 0.2) is 10.9 Å². The van der Waals surface area contributed by atoms with Gasteiger partial charge in [0.2, 0.25) is 0 Å². The Morgan fingerprint density at radius 2 is 2.12 bits per heavy atom. The Hall–Kier alpha value is -0.490. The van der Waals surface area contributed by atoms with Crippen molar-refractivity contribution in [3.8, 4) is 0 Å². The van der Waals surface area contributed by atoms with Crippen LogP contribution in [0.25, 0.3) is 0 Å². The van der Waals surface area contributed by atoms with E-state index in [-0.39, 0.29) is 5.79 Å². The molecule has 1 saturated carbocycles. The number of hydrogen-bond donors (Lipinski definition) is 0. The molecule has 1 spiro atoms. The summed E-state index contributed by atoms with van der Waals surface area (Å²) in [5.41, 5.74) is 2.87. The minimum atomic E-state index is -0.277. The molecule has 94 valence electrons. The van der Waals surface area contributed by atoms with Crippen LogP contribution >= 0.6 is 11.3 Å². The molecule has 0 N–H and O–H groups in total. The number of hydrogen-bond acceptors (Lipinski definition) is 5. The van der Waals surface area contributed by atoms with Crippen molar-refractivity contribution in [2.45, 2.75) is 44.2 Å². The van der Waals surface area contributed by atoms with Crippen molar-refractivity contribution in [1.29, 1.82) is 0 Å². The SMILES string of the molecule is c1nc(COC2CCC3(CC2)OCCO3)cs1. The van der Waals surface area contributed by atoms with Crippen molar-refractivity contribution in [3.63, 3.8) is 0 Å². The molecule has 0 unspecified atom stereocenters. The van der Waals surface area contributed by atoms with E-state index in [1.165, 1.54) is 0 Å². The smallest absolute Gasteiger partial charge is 0.168 e. The summed E-state index contributed by atoms with van der Waals surface area (Å²) in [6.07, 6.45) is 4.27. The third-order valence-corrected chi connectivity index (χ3v) is 4.09. The highest BCUT2D eigenvalue weighted by Crippen LogP contribution is 2.36. The van der Waals surface area contributed by atoms with Crippen molar-refractivity contribution < 1.29 is 14.2 Å². The zero-order valence-corrected chi connectivity index (χ0v) is 10.6. The highest BCUT2D eigenvalue weighted by atomic mass is 32.1.